The third kappa shape index (κ3) is 4.05. The van der Waals surface area contributed by atoms with Gasteiger partial charge in [0.2, 0.25) is 10.0 Å². The summed E-state index contributed by atoms with van der Waals surface area (Å²) in [6, 6.07) is 21.2. The van der Waals surface area contributed by atoms with E-state index in [0.717, 1.165) is 16.7 Å². The van der Waals surface area contributed by atoms with Gasteiger partial charge in [-0.3, -0.25) is 10.1 Å². The summed E-state index contributed by atoms with van der Waals surface area (Å²) in [6.07, 6.45) is 0. The number of sulfonamides is 1. The molecule has 3 aromatic rings. The van der Waals surface area contributed by atoms with Crippen molar-refractivity contribution in [1.82, 2.24) is 4.72 Å². The Kier molecular flexibility index (Phi) is 5.34. The number of aryl methyl sites for hydroxylation is 1. The lowest BCUT2D eigenvalue weighted by Gasteiger charge is -2.21. The number of nitrogens with zero attached hydrogens (tertiary/aromatic N) is 1. The monoisotopic (exact) mass is 382 g/mol. The quantitative estimate of drug-likeness (QED) is 0.516. The second kappa shape index (κ2) is 7.69. The van der Waals surface area contributed by atoms with Gasteiger partial charge < -0.3 is 0 Å². The van der Waals surface area contributed by atoms with E-state index in [2.05, 4.69) is 4.72 Å². The smallest absolute Gasteiger partial charge is 0.258 e. The van der Waals surface area contributed by atoms with Crippen molar-refractivity contribution in [2.75, 3.05) is 0 Å². The van der Waals surface area contributed by atoms with Gasteiger partial charge in [-0.25, -0.2) is 8.42 Å². The fraction of sp³-hybridized carbons (Fsp3) is 0.100. The molecule has 0 saturated carbocycles. The highest BCUT2D eigenvalue weighted by molar-refractivity contribution is 7.89. The van der Waals surface area contributed by atoms with Crippen molar-refractivity contribution >= 4 is 15.7 Å². The van der Waals surface area contributed by atoms with Crippen LogP contribution in [0.4, 0.5) is 5.69 Å². The van der Waals surface area contributed by atoms with E-state index in [1.807, 2.05) is 61.5 Å². The van der Waals surface area contributed by atoms with Crippen molar-refractivity contribution in [1.29, 1.82) is 0 Å². The Balaban J connectivity index is 2.10. The number of hydrogen-bond acceptors (Lipinski definition) is 4. The van der Waals surface area contributed by atoms with Crippen LogP contribution in [-0.2, 0) is 10.0 Å². The average Bonchev–Trinajstić information content (AvgIpc) is 2.67. The Bertz CT molecular complexity index is 1070. The summed E-state index contributed by atoms with van der Waals surface area (Å²) >= 11 is 0. The number of nitro groups is 1. The lowest BCUT2D eigenvalue weighted by Crippen LogP contribution is -2.30. The van der Waals surface area contributed by atoms with Crippen LogP contribution in [0, 0.1) is 17.0 Å². The number of rotatable bonds is 6. The molecule has 27 heavy (non-hydrogen) atoms. The molecule has 3 aromatic carbocycles. The van der Waals surface area contributed by atoms with Crippen molar-refractivity contribution in [3.63, 3.8) is 0 Å². The lowest BCUT2D eigenvalue weighted by molar-refractivity contribution is -0.387. The molecule has 0 heterocycles. The topological polar surface area (TPSA) is 89.3 Å². The molecule has 7 heteroatoms. The number of benzene rings is 3. The van der Waals surface area contributed by atoms with Crippen molar-refractivity contribution in [2.45, 2.75) is 17.9 Å². The zero-order chi connectivity index (χ0) is 19.4. The van der Waals surface area contributed by atoms with Gasteiger partial charge >= 0.3 is 0 Å². The normalized spacial score (nSPS) is 12.5. The van der Waals surface area contributed by atoms with Crippen molar-refractivity contribution in [3.8, 4) is 0 Å². The molecule has 0 spiro atoms. The van der Waals surface area contributed by atoms with E-state index in [-0.39, 0.29) is 4.90 Å². The Morgan fingerprint density at radius 3 is 2.15 bits per heavy atom. The first-order valence-corrected chi connectivity index (χ1v) is 9.74. The van der Waals surface area contributed by atoms with Gasteiger partial charge in [-0.15, -0.1) is 0 Å². The minimum absolute atomic E-state index is 0.357. The molecule has 6 nitrogen and oxygen atoms in total. The van der Waals surface area contributed by atoms with Gasteiger partial charge in [0.15, 0.2) is 4.90 Å². The largest absolute Gasteiger partial charge is 0.289 e. The second-order valence-corrected chi connectivity index (χ2v) is 7.73. The zero-order valence-corrected chi connectivity index (χ0v) is 15.4. The molecule has 0 aliphatic rings. The number of nitro benzene ring substituents is 1. The first-order chi connectivity index (χ1) is 12.9. The second-order valence-electron chi connectivity index (χ2n) is 6.05. The van der Waals surface area contributed by atoms with Gasteiger partial charge in [0, 0.05) is 6.07 Å². The Labute approximate surface area is 157 Å². The fourth-order valence-corrected chi connectivity index (χ4v) is 4.30. The molecule has 0 amide bonds. The number of hydrogen-bond donors (Lipinski definition) is 1. The standard InChI is InChI=1S/C20H18N2O4S/c1-15-9-5-6-12-17(15)20(16-10-3-2-4-11-16)21-27(25,26)19-14-8-7-13-18(19)22(23)24/h2-14,20-21H,1H3. The maximum absolute atomic E-state index is 13.0. The minimum Gasteiger partial charge on any atom is -0.258 e. The van der Waals surface area contributed by atoms with Crippen LogP contribution in [0.3, 0.4) is 0 Å². The molecule has 1 unspecified atom stereocenters. The number of para-hydroxylation sites is 1. The van der Waals surface area contributed by atoms with Crippen LogP contribution in [0.2, 0.25) is 0 Å². The first kappa shape index (κ1) is 18.8. The molecule has 0 aliphatic carbocycles. The molecule has 0 radical (unpaired) electrons. The van der Waals surface area contributed by atoms with Crippen LogP contribution in [0.25, 0.3) is 0 Å². The summed E-state index contributed by atoms with van der Waals surface area (Å²) in [5.41, 5.74) is 1.98. The number of nitrogens with one attached hydrogen (secondary N) is 1. The summed E-state index contributed by atoms with van der Waals surface area (Å²) in [6.45, 7) is 1.89. The van der Waals surface area contributed by atoms with E-state index in [4.69, 9.17) is 0 Å². The van der Waals surface area contributed by atoms with E-state index < -0.39 is 26.7 Å². The van der Waals surface area contributed by atoms with E-state index in [9.17, 15) is 18.5 Å². The Hall–Kier alpha value is -3.03. The fourth-order valence-electron chi connectivity index (χ4n) is 2.92. The maximum atomic E-state index is 13.0. The van der Waals surface area contributed by atoms with E-state index in [0.29, 0.717) is 0 Å². The van der Waals surface area contributed by atoms with Crippen LogP contribution in [0.5, 0.6) is 0 Å². The molecule has 0 bridgehead atoms. The molecule has 138 valence electrons. The highest BCUT2D eigenvalue weighted by atomic mass is 32.2. The third-order valence-electron chi connectivity index (χ3n) is 4.26. The van der Waals surface area contributed by atoms with Gasteiger partial charge in [-0.2, -0.15) is 4.72 Å². The van der Waals surface area contributed by atoms with Crippen LogP contribution >= 0.6 is 0 Å². The SMILES string of the molecule is Cc1ccccc1C(NS(=O)(=O)c1ccccc1[N+](=O)[O-])c1ccccc1. The molecule has 0 aromatic heterocycles. The van der Waals surface area contributed by atoms with Gasteiger partial charge in [0.05, 0.1) is 11.0 Å². The van der Waals surface area contributed by atoms with Crippen LogP contribution in [0.15, 0.2) is 83.8 Å². The zero-order valence-electron chi connectivity index (χ0n) is 14.6. The van der Waals surface area contributed by atoms with Gasteiger partial charge in [-0.1, -0.05) is 66.7 Å². The highest BCUT2D eigenvalue weighted by Crippen LogP contribution is 2.29. The van der Waals surface area contributed by atoms with Crippen LogP contribution in [0.1, 0.15) is 22.7 Å². The molecule has 1 N–H and O–H groups in total. The predicted molar refractivity (Wildman–Crippen MR) is 103 cm³/mol. The van der Waals surface area contributed by atoms with Crippen LogP contribution < -0.4 is 4.72 Å². The third-order valence-corrected chi connectivity index (χ3v) is 5.73. The van der Waals surface area contributed by atoms with Gasteiger partial charge in [0.25, 0.3) is 5.69 Å². The summed E-state index contributed by atoms with van der Waals surface area (Å²) in [4.78, 5) is 10.2. The minimum atomic E-state index is -4.14. The Morgan fingerprint density at radius 2 is 1.48 bits per heavy atom. The molecule has 1 atom stereocenters. The summed E-state index contributed by atoms with van der Waals surface area (Å²) in [7, 11) is -4.14. The predicted octanol–water partition coefficient (Wildman–Crippen LogP) is 3.97. The molecule has 0 aliphatic heterocycles. The van der Waals surface area contributed by atoms with Gasteiger partial charge in [-0.05, 0) is 29.7 Å². The molecule has 0 fully saturated rings. The molecular weight excluding hydrogens is 364 g/mol. The summed E-state index contributed by atoms with van der Waals surface area (Å²) < 4.78 is 28.7. The Morgan fingerprint density at radius 1 is 0.889 bits per heavy atom. The van der Waals surface area contributed by atoms with Crippen LogP contribution in [-0.4, -0.2) is 13.3 Å². The molecule has 3 rings (SSSR count). The van der Waals surface area contributed by atoms with Crippen molar-refractivity contribution in [3.05, 3.63) is 106 Å². The lowest BCUT2D eigenvalue weighted by atomic mass is 9.96. The summed E-state index contributed by atoms with van der Waals surface area (Å²) in [5, 5.41) is 11.3. The first-order valence-electron chi connectivity index (χ1n) is 8.26. The highest BCUT2D eigenvalue weighted by Gasteiger charge is 2.29. The molecule has 0 saturated heterocycles. The van der Waals surface area contributed by atoms with Crippen molar-refractivity contribution in [2.24, 2.45) is 0 Å². The van der Waals surface area contributed by atoms with Crippen molar-refractivity contribution < 1.29 is 13.3 Å². The van der Waals surface area contributed by atoms with E-state index in [1.54, 1.807) is 0 Å². The van der Waals surface area contributed by atoms with E-state index >= 15 is 0 Å². The average molecular weight is 382 g/mol. The maximum Gasteiger partial charge on any atom is 0.289 e. The molecular formula is C20H18N2O4S. The van der Waals surface area contributed by atoms with E-state index in [1.165, 1.54) is 24.3 Å². The summed E-state index contributed by atoms with van der Waals surface area (Å²) in [5.74, 6) is 0. The van der Waals surface area contributed by atoms with Gasteiger partial charge in [0.1, 0.15) is 0 Å².